The summed E-state index contributed by atoms with van der Waals surface area (Å²) in [6.07, 6.45) is 0.529. The van der Waals surface area contributed by atoms with Crippen molar-refractivity contribution in [2.24, 2.45) is 5.92 Å². The molecule has 0 aliphatic carbocycles. The van der Waals surface area contributed by atoms with Crippen molar-refractivity contribution in [3.63, 3.8) is 0 Å². The van der Waals surface area contributed by atoms with E-state index in [-0.39, 0.29) is 6.10 Å². The van der Waals surface area contributed by atoms with Crippen LogP contribution in [0.2, 0.25) is 0 Å². The van der Waals surface area contributed by atoms with E-state index in [0.29, 0.717) is 17.9 Å². The van der Waals surface area contributed by atoms with E-state index in [2.05, 4.69) is 57.3 Å². The van der Waals surface area contributed by atoms with Crippen molar-refractivity contribution in [1.82, 2.24) is 5.32 Å². The highest BCUT2D eigenvalue weighted by molar-refractivity contribution is 5.26. The van der Waals surface area contributed by atoms with Crippen LogP contribution in [0.5, 0.6) is 0 Å². The van der Waals surface area contributed by atoms with Crippen LogP contribution in [0.1, 0.15) is 50.8 Å². The summed E-state index contributed by atoms with van der Waals surface area (Å²) in [6.45, 7) is 10.8. The van der Waals surface area contributed by atoms with E-state index >= 15 is 0 Å². The van der Waals surface area contributed by atoms with Crippen LogP contribution >= 0.6 is 0 Å². The van der Waals surface area contributed by atoms with Crippen molar-refractivity contribution in [1.29, 1.82) is 0 Å². The van der Waals surface area contributed by atoms with Gasteiger partial charge in [-0.1, -0.05) is 52.0 Å². The van der Waals surface area contributed by atoms with Gasteiger partial charge in [0.1, 0.15) is 0 Å². The van der Waals surface area contributed by atoms with Crippen LogP contribution in [-0.2, 0) is 4.74 Å². The van der Waals surface area contributed by atoms with Gasteiger partial charge in [0, 0.05) is 13.1 Å². The summed E-state index contributed by atoms with van der Waals surface area (Å²) in [6, 6.07) is 8.87. The van der Waals surface area contributed by atoms with Crippen molar-refractivity contribution in [2.45, 2.75) is 45.8 Å². The third kappa shape index (κ3) is 3.12. The fourth-order valence-electron chi connectivity index (χ4n) is 2.35. The predicted octanol–water partition coefficient (Wildman–Crippen LogP) is 3.50. The molecule has 0 radical (unpaired) electrons. The lowest BCUT2D eigenvalue weighted by molar-refractivity contribution is -0.0603. The van der Waals surface area contributed by atoms with Gasteiger partial charge in [-0.25, -0.2) is 0 Å². The van der Waals surface area contributed by atoms with Crippen molar-refractivity contribution in [3.8, 4) is 0 Å². The van der Waals surface area contributed by atoms with Gasteiger partial charge in [-0.05, 0) is 23.0 Å². The third-order valence-electron chi connectivity index (χ3n) is 3.73. The number of benzene rings is 1. The Kier molecular flexibility index (Phi) is 4.41. The summed E-state index contributed by atoms with van der Waals surface area (Å²) >= 11 is 0. The molecule has 1 heterocycles. The molecule has 2 unspecified atom stereocenters. The molecular weight excluding hydrogens is 222 g/mol. The zero-order valence-electron chi connectivity index (χ0n) is 11.9. The van der Waals surface area contributed by atoms with E-state index in [0.717, 1.165) is 13.1 Å². The summed E-state index contributed by atoms with van der Waals surface area (Å²) in [5.41, 5.74) is 2.68. The molecule has 2 nitrogen and oxygen atoms in total. The number of nitrogens with one attached hydrogen (secondary N) is 1. The van der Waals surface area contributed by atoms with Crippen molar-refractivity contribution in [3.05, 3.63) is 35.4 Å². The molecule has 1 aliphatic rings. The lowest BCUT2D eigenvalue weighted by atomic mass is 9.98. The molecular formula is C16H25NO. The average molecular weight is 247 g/mol. The molecule has 2 rings (SSSR count). The second-order valence-electron chi connectivity index (χ2n) is 5.89. The lowest BCUT2D eigenvalue weighted by Crippen LogP contribution is -2.43. The highest BCUT2D eigenvalue weighted by Gasteiger charge is 2.25. The molecule has 100 valence electrons. The Labute approximate surface area is 111 Å². The summed E-state index contributed by atoms with van der Waals surface area (Å²) in [5.74, 6) is 1.16. The molecule has 1 aromatic carbocycles. The number of ether oxygens (including phenoxy) is 1. The highest BCUT2D eigenvalue weighted by atomic mass is 16.5. The van der Waals surface area contributed by atoms with Gasteiger partial charge in [0.05, 0.1) is 12.2 Å². The van der Waals surface area contributed by atoms with Crippen molar-refractivity contribution < 1.29 is 4.74 Å². The van der Waals surface area contributed by atoms with Gasteiger partial charge in [-0.2, -0.15) is 0 Å². The third-order valence-corrected chi connectivity index (χ3v) is 3.73. The summed E-state index contributed by atoms with van der Waals surface area (Å²) in [5, 5.41) is 3.48. The first kappa shape index (κ1) is 13.6. The topological polar surface area (TPSA) is 21.3 Å². The maximum atomic E-state index is 6.17. The van der Waals surface area contributed by atoms with Gasteiger partial charge in [0.15, 0.2) is 0 Å². The second kappa shape index (κ2) is 5.85. The molecule has 0 saturated carbocycles. The molecule has 0 spiro atoms. The molecule has 2 atom stereocenters. The Hall–Kier alpha value is -0.860. The minimum atomic E-state index is 0.201. The Morgan fingerprint density at radius 2 is 1.72 bits per heavy atom. The Bertz CT molecular complexity index is 369. The van der Waals surface area contributed by atoms with Crippen LogP contribution in [0.3, 0.4) is 0 Å². The van der Waals surface area contributed by atoms with Gasteiger partial charge in [-0.15, -0.1) is 0 Å². The lowest BCUT2D eigenvalue weighted by Gasteiger charge is -2.33. The first-order chi connectivity index (χ1) is 8.58. The molecule has 1 N–H and O–H groups in total. The van der Waals surface area contributed by atoms with Crippen molar-refractivity contribution >= 4 is 0 Å². The van der Waals surface area contributed by atoms with E-state index in [4.69, 9.17) is 4.74 Å². The molecule has 2 heteroatoms. The Morgan fingerprint density at radius 1 is 1.06 bits per heavy atom. The van der Waals surface area contributed by atoms with Crippen LogP contribution in [0.25, 0.3) is 0 Å². The van der Waals surface area contributed by atoms with Gasteiger partial charge in [0.25, 0.3) is 0 Å². The number of hydrogen-bond acceptors (Lipinski definition) is 2. The fraction of sp³-hybridized carbons (Fsp3) is 0.625. The molecule has 1 fully saturated rings. The zero-order valence-corrected chi connectivity index (χ0v) is 11.9. The van der Waals surface area contributed by atoms with E-state index in [1.807, 2.05) is 0 Å². The first-order valence-corrected chi connectivity index (χ1v) is 7.04. The summed E-state index contributed by atoms with van der Waals surface area (Å²) in [4.78, 5) is 0. The van der Waals surface area contributed by atoms with Gasteiger partial charge >= 0.3 is 0 Å². The van der Waals surface area contributed by atoms with Gasteiger partial charge < -0.3 is 10.1 Å². The number of rotatable bonds is 3. The predicted molar refractivity (Wildman–Crippen MR) is 75.9 cm³/mol. The minimum Gasteiger partial charge on any atom is -0.367 e. The van der Waals surface area contributed by atoms with Gasteiger partial charge in [0.2, 0.25) is 0 Å². The van der Waals surface area contributed by atoms with Crippen LogP contribution in [0, 0.1) is 5.92 Å². The molecule has 1 saturated heterocycles. The zero-order chi connectivity index (χ0) is 13.1. The van der Waals surface area contributed by atoms with E-state index in [1.54, 1.807) is 0 Å². The fourth-order valence-corrected chi connectivity index (χ4v) is 2.35. The van der Waals surface area contributed by atoms with E-state index in [1.165, 1.54) is 11.1 Å². The van der Waals surface area contributed by atoms with Crippen molar-refractivity contribution in [2.75, 3.05) is 13.1 Å². The van der Waals surface area contributed by atoms with Crippen LogP contribution in [-0.4, -0.2) is 19.2 Å². The molecule has 0 bridgehead atoms. The average Bonchev–Trinajstić information content (AvgIpc) is 2.39. The monoisotopic (exact) mass is 247 g/mol. The quantitative estimate of drug-likeness (QED) is 0.882. The van der Waals surface area contributed by atoms with E-state index in [9.17, 15) is 0 Å². The largest absolute Gasteiger partial charge is 0.367 e. The van der Waals surface area contributed by atoms with Gasteiger partial charge in [-0.3, -0.25) is 0 Å². The first-order valence-electron chi connectivity index (χ1n) is 7.04. The van der Waals surface area contributed by atoms with E-state index < -0.39 is 0 Å². The summed E-state index contributed by atoms with van der Waals surface area (Å²) in [7, 11) is 0. The molecule has 1 aliphatic heterocycles. The second-order valence-corrected chi connectivity index (χ2v) is 5.89. The number of morpholine rings is 1. The maximum Gasteiger partial charge on any atom is 0.0953 e. The molecule has 1 aromatic rings. The number of hydrogen-bond donors (Lipinski definition) is 1. The van der Waals surface area contributed by atoms with Crippen LogP contribution in [0.4, 0.5) is 0 Å². The normalized spacial score (nSPS) is 24.8. The Balaban J connectivity index is 2.06. The molecule has 18 heavy (non-hydrogen) atoms. The smallest absolute Gasteiger partial charge is 0.0953 e. The Morgan fingerprint density at radius 3 is 2.28 bits per heavy atom. The SMILES string of the molecule is CC(C)c1ccc(C2CNCC(C(C)C)O2)cc1. The minimum absolute atomic E-state index is 0.201. The standard InChI is InChI=1S/C16H25NO/c1-11(2)13-5-7-14(8-6-13)16-10-17-9-15(18-16)12(3)4/h5-8,11-12,15-17H,9-10H2,1-4H3. The highest BCUT2D eigenvalue weighted by Crippen LogP contribution is 2.25. The molecule has 0 amide bonds. The maximum absolute atomic E-state index is 6.17. The van der Waals surface area contributed by atoms with Crippen LogP contribution in [0.15, 0.2) is 24.3 Å². The summed E-state index contributed by atoms with van der Waals surface area (Å²) < 4.78 is 6.17. The van der Waals surface area contributed by atoms with Crippen LogP contribution < -0.4 is 5.32 Å². The molecule has 0 aromatic heterocycles.